The summed E-state index contributed by atoms with van der Waals surface area (Å²) in [5, 5.41) is 0.787. The first-order valence-corrected chi connectivity index (χ1v) is 10.6. The second-order valence-corrected chi connectivity index (χ2v) is 8.89. The van der Waals surface area contributed by atoms with E-state index in [1.165, 1.54) is 18.2 Å². The largest absolute Gasteiger partial charge is 0.457 e. The summed E-state index contributed by atoms with van der Waals surface area (Å²) in [7, 11) is 0. The molecule has 0 spiro atoms. The van der Waals surface area contributed by atoms with Gasteiger partial charge in [0.05, 0.1) is 26.2 Å². The number of nitrogens with zero attached hydrogens (tertiary/aromatic N) is 1. The third-order valence-electron chi connectivity index (χ3n) is 4.33. The number of thiocarbonyl (C=S) groups is 1. The quantitative estimate of drug-likeness (QED) is 0.273. The highest BCUT2D eigenvalue weighted by Gasteiger charge is 2.36. The van der Waals surface area contributed by atoms with Crippen molar-refractivity contribution in [1.82, 2.24) is 0 Å². The summed E-state index contributed by atoms with van der Waals surface area (Å²) in [5.74, 6) is 0.366. The molecule has 2 aromatic carbocycles. The summed E-state index contributed by atoms with van der Waals surface area (Å²) in [6.45, 7) is 0. The highest BCUT2D eigenvalue weighted by Crippen LogP contribution is 2.39. The maximum atomic E-state index is 13.0. The van der Waals surface area contributed by atoms with Crippen molar-refractivity contribution in [1.29, 1.82) is 0 Å². The third-order valence-corrected chi connectivity index (χ3v) is 6.37. The van der Waals surface area contributed by atoms with Gasteiger partial charge in [0, 0.05) is 11.6 Å². The van der Waals surface area contributed by atoms with Gasteiger partial charge in [-0.15, -0.1) is 0 Å². The van der Waals surface area contributed by atoms with E-state index in [0.29, 0.717) is 27.1 Å². The number of anilines is 1. The van der Waals surface area contributed by atoms with E-state index in [0.717, 1.165) is 28.8 Å². The molecule has 1 saturated heterocycles. The normalized spacial score (nSPS) is 15.9. The molecule has 3 nitrogen and oxygen atoms in total. The Morgan fingerprint density at radius 1 is 1.03 bits per heavy atom. The zero-order valence-electron chi connectivity index (χ0n) is 15.2. The Balaban J connectivity index is 1.61. The van der Waals surface area contributed by atoms with Crippen molar-refractivity contribution in [3.8, 4) is 11.3 Å². The minimum absolute atomic E-state index is 0.0525. The number of rotatable bonds is 3. The fourth-order valence-electron chi connectivity index (χ4n) is 2.88. The second kappa shape index (κ2) is 8.35. The number of carbonyl (C=O) groups excluding carboxylic acids is 1. The summed E-state index contributed by atoms with van der Waals surface area (Å²) in [5.41, 5.74) is -0.109. The van der Waals surface area contributed by atoms with Crippen molar-refractivity contribution in [2.24, 2.45) is 0 Å². The lowest BCUT2D eigenvalue weighted by Gasteiger charge is -2.16. The molecule has 0 radical (unpaired) electrons. The molecule has 2 heterocycles. The van der Waals surface area contributed by atoms with Gasteiger partial charge in [0.2, 0.25) is 0 Å². The SMILES string of the molecule is O=C1/C(=C\c2ccc(-c3ccc(Cl)c(Cl)c3)o2)SC(=S)N1c1cccc(C(F)(F)F)c1. The number of furan rings is 1. The van der Waals surface area contributed by atoms with Gasteiger partial charge < -0.3 is 4.42 Å². The molecule has 0 aliphatic carbocycles. The Morgan fingerprint density at radius 2 is 1.81 bits per heavy atom. The zero-order chi connectivity index (χ0) is 22.3. The van der Waals surface area contributed by atoms with E-state index in [4.69, 9.17) is 39.8 Å². The monoisotopic (exact) mass is 499 g/mol. The van der Waals surface area contributed by atoms with Gasteiger partial charge in [-0.1, -0.05) is 53.2 Å². The fourth-order valence-corrected chi connectivity index (χ4v) is 4.45. The minimum atomic E-state index is -4.53. The summed E-state index contributed by atoms with van der Waals surface area (Å²) >= 11 is 18.2. The van der Waals surface area contributed by atoms with Crippen molar-refractivity contribution in [2.45, 2.75) is 6.18 Å². The van der Waals surface area contributed by atoms with Crippen LogP contribution < -0.4 is 4.90 Å². The third kappa shape index (κ3) is 4.52. The van der Waals surface area contributed by atoms with Gasteiger partial charge in [0.25, 0.3) is 5.91 Å². The second-order valence-electron chi connectivity index (χ2n) is 6.40. The molecule has 0 unspecified atom stereocenters. The van der Waals surface area contributed by atoms with Crippen LogP contribution in [0.4, 0.5) is 18.9 Å². The van der Waals surface area contributed by atoms with E-state index < -0.39 is 17.6 Å². The average molecular weight is 500 g/mol. The van der Waals surface area contributed by atoms with E-state index in [-0.39, 0.29) is 14.9 Å². The predicted molar refractivity (Wildman–Crippen MR) is 121 cm³/mol. The number of hydrogen-bond acceptors (Lipinski definition) is 4. The predicted octanol–water partition coefficient (Wildman–Crippen LogP) is 7.68. The molecule has 3 aromatic rings. The van der Waals surface area contributed by atoms with Crippen molar-refractivity contribution >= 4 is 69.2 Å². The van der Waals surface area contributed by atoms with Crippen LogP contribution in [0, 0.1) is 0 Å². The Labute approximate surface area is 194 Å². The minimum Gasteiger partial charge on any atom is -0.457 e. The molecule has 1 aliphatic heterocycles. The molecule has 10 heteroatoms. The smallest absolute Gasteiger partial charge is 0.416 e. The molecular formula is C21H10Cl2F3NO2S2. The summed E-state index contributed by atoms with van der Waals surface area (Å²) in [4.78, 5) is 14.1. The van der Waals surface area contributed by atoms with Crippen molar-refractivity contribution < 1.29 is 22.4 Å². The van der Waals surface area contributed by atoms with Gasteiger partial charge in [-0.2, -0.15) is 13.2 Å². The van der Waals surface area contributed by atoms with E-state index in [1.54, 1.807) is 30.3 Å². The molecule has 4 rings (SSSR count). The highest BCUT2D eigenvalue weighted by molar-refractivity contribution is 8.27. The molecule has 1 fully saturated rings. The van der Waals surface area contributed by atoms with E-state index in [1.807, 2.05) is 0 Å². The summed E-state index contributed by atoms with van der Waals surface area (Å²) < 4.78 is 45.0. The molecule has 0 saturated carbocycles. The van der Waals surface area contributed by atoms with Gasteiger partial charge in [-0.25, -0.2) is 0 Å². The van der Waals surface area contributed by atoms with E-state index >= 15 is 0 Å². The van der Waals surface area contributed by atoms with Crippen LogP contribution in [-0.2, 0) is 11.0 Å². The summed E-state index contributed by atoms with van der Waals surface area (Å²) in [6.07, 6.45) is -3.03. The Hall–Kier alpha value is -2.26. The Bertz CT molecular complexity index is 1240. The molecule has 0 atom stereocenters. The van der Waals surface area contributed by atoms with Crippen molar-refractivity contribution in [3.05, 3.63) is 80.9 Å². The number of thioether (sulfide) groups is 1. The molecular weight excluding hydrogens is 490 g/mol. The fraction of sp³-hybridized carbons (Fsp3) is 0.0476. The van der Waals surface area contributed by atoms with Crippen LogP contribution in [0.25, 0.3) is 17.4 Å². The Morgan fingerprint density at radius 3 is 2.52 bits per heavy atom. The van der Waals surface area contributed by atoms with Gasteiger partial charge in [0.1, 0.15) is 11.5 Å². The van der Waals surface area contributed by atoms with E-state index in [9.17, 15) is 18.0 Å². The van der Waals surface area contributed by atoms with Crippen molar-refractivity contribution in [3.63, 3.8) is 0 Å². The first-order chi connectivity index (χ1) is 14.6. The van der Waals surface area contributed by atoms with Gasteiger partial charge >= 0.3 is 6.18 Å². The van der Waals surface area contributed by atoms with Crippen LogP contribution in [0.5, 0.6) is 0 Å². The van der Waals surface area contributed by atoms with Gasteiger partial charge in [-0.05, 0) is 48.5 Å². The Kier molecular flexibility index (Phi) is 5.91. The van der Waals surface area contributed by atoms with Crippen LogP contribution in [0.15, 0.2) is 63.9 Å². The topological polar surface area (TPSA) is 33.5 Å². The van der Waals surface area contributed by atoms with Crippen LogP contribution >= 0.6 is 47.2 Å². The lowest BCUT2D eigenvalue weighted by atomic mass is 10.2. The number of halogens is 5. The maximum absolute atomic E-state index is 13.0. The number of carbonyl (C=O) groups is 1. The number of benzene rings is 2. The van der Waals surface area contributed by atoms with Crippen LogP contribution in [0.3, 0.4) is 0 Å². The zero-order valence-corrected chi connectivity index (χ0v) is 18.4. The molecule has 158 valence electrons. The first-order valence-electron chi connectivity index (χ1n) is 8.64. The maximum Gasteiger partial charge on any atom is 0.416 e. The van der Waals surface area contributed by atoms with Crippen molar-refractivity contribution in [2.75, 3.05) is 4.90 Å². The molecule has 1 aliphatic rings. The number of alkyl halides is 3. The molecule has 1 aromatic heterocycles. The summed E-state index contributed by atoms with van der Waals surface area (Å²) in [6, 6.07) is 12.9. The van der Waals surface area contributed by atoms with Crippen LogP contribution in [-0.4, -0.2) is 10.2 Å². The molecule has 31 heavy (non-hydrogen) atoms. The lowest BCUT2D eigenvalue weighted by Crippen LogP contribution is -2.27. The first kappa shape index (κ1) is 22.0. The standard InChI is InChI=1S/C21H10Cl2F3NO2S2/c22-15-6-4-11(8-16(15)23)17-7-5-14(29-17)10-18-19(28)27(20(30)31-18)13-3-1-2-12(9-13)21(24,25)26/h1-10H/b18-10+. The molecule has 0 N–H and O–H groups in total. The van der Waals surface area contributed by atoms with Crippen LogP contribution in [0.2, 0.25) is 10.0 Å². The lowest BCUT2D eigenvalue weighted by molar-refractivity contribution is -0.137. The number of hydrogen-bond donors (Lipinski definition) is 0. The van der Waals surface area contributed by atoms with Gasteiger partial charge in [0.15, 0.2) is 4.32 Å². The molecule has 0 bridgehead atoms. The van der Waals surface area contributed by atoms with Crippen LogP contribution in [0.1, 0.15) is 11.3 Å². The molecule has 1 amide bonds. The average Bonchev–Trinajstić information content (AvgIpc) is 3.28. The number of amides is 1. The highest BCUT2D eigenvalue weighted by atomic mass is 35.5. The van der Waals surface area contributed by atoms with Gasteiger partial charge in [-0.3, -0.25) is 9.69 Å². The van der Waals surface area contributed by atoms with E-state index in [2.05, 4.69) is 0 Å².